The Kier molecular flexibility index (Phi) is 5.31. The number of ether oxygens (including phenoxy) is 3. The number of hydrogen-bond acceptors (Lipinski definition) is 5. The molecule has 2 aromatic rings. The molecular weight excluding hydrogens is 369 g/mol. The second-order valence-corrected chi connectivity index (χ2v) is 6.05. The Balaban J connectivity index is 1.51. The van der Waals surface area contributed by atoms with Crippen molar-refractivity contribution in [2.75, 3.05) is 18.5 Å². The van der Waals surface area contributed by atoms with Gasteiger partial charge in [0, 0.05) is 15.7 Å². The van der Waals surface area contributed by atoms with E-state index in [2.05, 4.69) is 5.32 Å². The van der Waals surface area contributed by atoms with Crippen LogP contribution in [0.3, 0.4) is 0 Å². The van der Waals surface area contributed by atoms with Gasteiger partial charge in [-0.2, -0.15) is 0 Å². The number of benzene rings is 2. The second kappa shape index (κ2) is 7.63. The molecule has 0 aliphatic carbocycles. The highest BCUT2D eigenvalue weighted by molar-refractivity contribution is 6.35. The van der Waals surface area contributed by atoms with E-state index in [1.165, 1.54) is 18.2 Å². The average Bonchev–Trinajstić information content (AvgIpc) is 2.58. The highest BCUT2D eigenvalue weighted by atomic mass is 35.5. The van der Waals surface area contributed by atoms with Crippen molar-refractivity contribution in [3.63, 3.8) is 0 Å². The van der Waals surface area contributed by atoms with Crippen molar-refractivity contribution >= 4 is 40.8 Å². The standard InChI is InChI=1S/C17H13Cl2NO5/c18-10-5-11(19)7-12(6-10)20-16(21)9-24-17(22)15-8-23-13-3-1-2-4-14(13)25-15/h1-7,15H,8-9H2,(H,20,21)/t15-/m1/s1. The van der Waals surface area contributed by atoms with Crippen LogP contribution >= 0.6 is 23.2 Å². The zero-order valence-electron chi connectivity index (χ0n) is 12.8. The van der Waals surface area contributed by atoms with Gasteiger partial charge in [0.2, 0.25) is 6.10 Å². The topological polar surface area (TPSA) is 73.9 Å². The van der Waals surface area contributed by atoms with Crippen LogP contribution in [0.4, 0.5) is 5.69 Å². The summed E-state index contributed by atoms with van der Waals surface area (Å²) in [5.74, 6) is -0.201. The summed E-state index contributed by atoms with van der Waals surface area (Å²) in [5, 5.41) is 3.30. The van der Waals surface area contributed by atoms with Gasteiger partial charge in [-0.15, -0.1) is 0 Å². The molecule has 0 fully saturated rings. The van der Waals surface area contributed by atoms with E-state index in [-0.39, 0.29) is 6.61 Å². The number of carbonyl (C=O) groups excluding carboxylic acids is 2. The van der Waals surface area contributed by atoms with Crippen LogP contribution in [0.5, 0.6) is 11.5 Å². The van der Waals surface area contributed by atoms with Gasteiger partial charge in [-0.25, -0.2) is 4.79 Å². The van der Waals surface area contributed by atoms with E-state index in [0.29, 0.717) is 27.2 Å². The third kappa shape index (κ3) is 4.55. The normalized spacial score (nSPS) is 15.4. The highest BCUT2D eigenvalue weighted by Gasteiger charge is 2.29. The maximum Gasteiger partial charge on any atom is 0.351 e. The Bertz CT molecular complexity index is 791. The maximum absolute atomic E-state index is 12.0. The number of anilines is 1. The van der Waals surface area contributed by atoms with Crippen LogP contribution in [0.15, 0.2) is 42.5 Å². The van der Waals surface area contributed by atoms with E-state index < -0.39 is 24.6 Å². The number of carbonyl (C=O) groups is 2. The molecule has 25 heavy (non-hydrogen) atoms. The lowest BCUT2D eigenvalue weighted by Gasteiger charge is -2.24. The summed E-state index contributed by atoms with van der Waals surface area (Å²) in [6.45, 7) is -0.453. The van der Waals surface area contributed by atoms with E-state index in [1.54, 1.807) is 24.3 Å². The number of halogens is 2. The zero-order chi connectivity index (χ0) is 17.8. The first-order valence-electron chi connectivity index (χ1n) is 7.32. The van der Waals surface area contributed by atoms with Crippen LogP contribution in [-0.2, 0) is 14.3 Å². The van der Waals surface area contributed by atoms with Crippen LogP contribution < -0.4 is 14.8 Å². The molecule has 1 N–H and O–H groups in total. The number of hydrogen-bond donors (Lipinski definition) is 1. The minimum atomic E-state index is -0.927. The molecule has 1 heterocycles. The van der Waals surface area contributed by atoms with Gasteiger partial charge in [0.05, 0.1) is 0 Å². The summed E-state index contributed by atoms with van der Waals surface area (Å²) in [7, 11) is 0. The SMILES string of the molecule is O=C(COC(=O)[C@H]1COc2ccccc2O1)Nc1cc(Cl)cc(Cl)c1. The van der Waals surface area contributed by atoms with E-state index >= 15 is 0 Å². The Hall–Kier alpha value is -2.44. The van der Waals surface area contributed by atoms with Crippen molar-refractivity contribution in [1.82, 2.24) is 0 Å². The second-order valence-electron chi connectivity index (χ2n) is 5.18. The summed E-state index contributed by atoms with van der Waals surface area (Å²) >= 11 is 11.7. The van der Waals surface area contributed by atoms with Crippen molar-refractivity contribution in [3.05, 3.63) is 52.5 Å². The predicted molar refractivity (Wildman–Crippen MR) is 92.4 cm³/mol. The molecule has 0 saturated carbocycles. The highest BCUT2D eigenvalue weighted by Crippen LogP contribution is 2.31. The summed E-state index contributed by atoms with van der Waals surface area (Å²) in [4.78, 5) is 23.9. The number of fused-ring (bicyclic) bond motifs is 1. The average molecular weight is 382 g/mol. The largest absolute Gasteiger partial charge is 0.485 e. The Morgan fingerprint density at radius 3 is 2.52 bits per heavy atom. The van der Waals surface area contributed by atoms with Gasteiger partial charge < -0.3 is 19.5 Å². The number of para-hydroxylation sites is 2. The monoisotopic (exact) mass is 381 g/mol. The molecule has 0 spiro atoms. The minimum absolute atomic E-state index is 0.0152. The molecule has 130 valence electrons. The summed E-state index contributed by atoms with van der Waals surface area (Å²) in [6, 6.07) is 11.6. The van der Waals surface area contributed by atoms with Crippen molar-refractivity contribution < 1.29 is 23.8 Å². The summed E-state index contributed by atoms with van der Waals surface area (Å²) < 4.78 is 15.9. The first-order chi connectivity index (χ1) is 12.0. The molecule has 0 aromatic heterocycles. The fraction of sp³-hybridized carbons (Fsp3) is 0.176. The van der Waals surface area contributed by atoms with Crippen LogP contribution in [0, 0.1) is 0 Å². The lowest BCUT2D eigenvalue weighted by Crippen LogP contribution is -2.39. The number of amides is 1. The van der Waals surface area contributed by atoms with E-state index in [0.717, 1.165) is 0 Å². The molecule has 0 unspecified atom stereocenters. The molecule has 8 heteroatoms. The maximum atomic E-state index is 12.0. The van der Waals surface area contributed by atoms with Gasteiger partial charge in [-0.3, -0.25) is 4.79 Å². The molecule has 6 nitrogen and oxygen atoms in total. The van der Waals surface area contributed by atoms with Gasteiger partial charge in [-0.05, 0) is 30.3 Å². The van der Waals surface area contributed by atoms with Crippen LogP contribution in [0.2, 0.25) is 10.0 Å². The molecule has 1 atom stereocenters. The summed E-state index contributed by atoms with van der Waals surface area (Å²) in [6.07, 6.45) is -0.927. The van der Waals surface area contributed by atoms with Crippen molar-refractivity contribution in [2.24, 2.45) is 0 Å². The smallest absolute Gasteiger partial charge is 0.351 e. The lowest BCUT2D eigenvalue weighted by atomic mass is 10.2. The van der Waals surface area contributed by atoms with Crippen molar-refractivity contribution in [2.45, 2.75) is 6.10 Å². The van der Waals surface area contributed by atoms with E-state index in [4.69, 9.17) is 37.4 Å². The van der Waals surface area contributed by atoms with Gasteiger partial charge in [-0.1, -0.05) is 35.3 Å². The number of rotatable bonds is 4. The molecule has 0 saturated heterocycles. The van der Waals surface area contributed by atoms with E-state index in [1.807, 2.05) is 0 Å². The molecule has 1 aliphatic rings. The molecular formula is C17H13Cl2NO5. The molecule has 1 amide bonds. The fourth-order valence-corrected chi connectivity index (χ4v) is 2.71. The van der Waals surface area contributed by atoms with Crippen LogP contribution in [0.25, 0.3) is 0 Å². The quantitative estimate of drug-likeness (QED) is 0.822. The van der Waals surface area contributed by atoms with Gasteiger partial charge in [0.15, 0.2) is 18.1 Å². The minimum Gasteiger partial charge on any atom is -0.485 e. The number of esters is 1. The lowest BCUT2D eigenvalue weighted by molar-refractivity contribution is -0.156. The van der Waals surface area contributed by atoms with Gasteiger partial charge in [0.1, 0.15) is 6.61 Å². The zero-order valence-corrected chi connectivity index (χ0v) is 14.3. The Morgan fingerprint density at radius 1 is 1.12 bits per heavy atom. The van der Waals surface area contributed by atoms with E-state index in [9.17, 15) is 9.59 Å². The summed E-state index contributed by atoms with van der Waals surface area (Å²) in [5.41, 5.74) is 0.407. The third-order valence-corrected chi connectivity index (χ3v) is 3.70. The molecule has 0 bridgehead atoms. The fourth-order valence-electron chi connectivity index (χ4n) is 2.19. The van der Waals surface area contributed by atoms with Crippen molar-refractivity contribution in [3.8, 4) is 11.5 Å². The Morgan fingerprint density at radius 2 is 1.80 bits per heavy atom. The molecule has 3 rings (SSSR count). The predicted octanol–water partition coefficient (Wildman–Crippen LogP) is 3.32. The third-order valence-electron chi connectivity index (χ3n) is 3.26. The molecule has 0 radical (unpaired) electrons. The Labute approximate surface area is 153 Å². The van der Waals surface area contributed by atoms with Gasteiger partial charge >= 0.3 is 5.97 Å². The number of nitrogens with one attached hydrogen (secondary N) is 1. The molecule has 1 aliphatic heterocycles. The van der Waals surface area contributed by atoms with Crippen LogP contribution in [0.1, 0.15) is 0 Å². The van der Waals surface area contributed by atoms with Crippen LogP contribution in [-0.4, -0.2) is 31.2 Å². The van der Waals surface area contributed by atoms with Crippen molar-refractivity contribution in [1.29, 1.82) is 0 Å². The first kappa shape index (κ1) is 17.4. The van der Waals surface area contributed by atoms with Gasteiger partial charge in [0.25, 0.3) is 5.91 Å². The molecule has 2 aromatic carbocycles. The first-order valence-corrected chi connectivity index (χ1v) is 8.08.